The Kier molecular flexibility index (Phi) is 4.36. The fraction of sp³-hybridized carbons (Fsp3) is 0.727. The summed E-state index contributed by atoms with van der Waals surface area (Å²) in [5, 5.41) is 6.26. The molecule has 2 heterocycles. The average molecular weight is 272 g/mol. The van der Waals surface area contributed by atoms with Crippen LogP contribution in [0.4, 0.5) is 0 Å². The quantitative estimate of drug-likeness (QED) is 0.814. The third kappa shape index (κ3) is 3.30. The molecule has 102 valence electrons. The van der Waals surface area contributed by atoms with Crippen molar-refractivity contribution in [3.8, 4) is 0 Å². The predicted octanol–water partition coefficient (Wildman–Crippen LogP) is 0.420. The van der Waals surface area contributed by atoms with Gasteiger partial charge >= 0.3 is 0 Å². The summed E-state index contributed by atoms with van der Waals surface area (Å²) in [5.41, 5.74) is 0. The second-order valence-electron chi connectivity index (χ2n) is 4.65. The van der Waals surface area contributed by atoms with Gasteiger partial charge in [-0.1, -0.05) is 6.92 Å². The molecule has 7 heteroatoms. The van der Waals surface area contributed by atoms with Crippen molar-refractivity contribution in [3.05, 3.63) is 12.3 Å². The maximum Gasteiger partial charge on any atom is 0.257 e. The van der Waals surface area contributed by atoms with Crippen molar-refractivity contribution < 1.29 is 8.42 Å². The van der Waals surface area contributed by atoms with Gasteiger partial charge in [-0.2, -0.15) is 5.10 Å². The molecule has 0 radical (unpaired) electrons. The molecule has 1 aliphatic rings. The van der Waals surface area contributed by atoms with Gasteiger partial charge in [-0.15, -0.1) is 0 Å². The Labute approximate surface area is 108 Å². The molecule has 0 bridgehead atoms. The van der Waals surface area contributed by atoms with Crippen LogP contribution in [-0.2, 0) is 10.0 Å². The number of aromatic amines is 1. The number of likely N-dealkylation sites (tertiary alicyclic amines) is 1. The van der Waals surface area contributed by atoms with E-state index in [2.05, 4.69) is 26.7 Å². The van der Waals surface area contributed by atoms with Gasteiger partial charge in [0.2, 0.25) is 0 Å². The van der Waals surface area contributed by atoms with E-state index in [-0.39, 0.29) is 5.03 Å². The maximum atomic E-state index is 11.9. The Balaban J connectivity index is 1.82. The number of nitrogens with zero attached hydrogens (tertiary/aromatic N) is 2. The minimum absolute atomic E-state index is 0.133. The van der Waals surface area contributed by atoms with E-state index in [1.807, 2.05) is 0 Å². The van der Waals surface area contributed by atoms with Crippen LogP contribution in [0.5, 0.6) is 0 Å². The summed E-state index contributed by atoms with van der Waals surface area (Å²) in [6.07, 6.45) is 3.55. The molecular formula is C11H20N4O2S. The van der Waals surface area contributed by atoms with Gasteiger partial charge in [0.15, 0.2) is 5.03 Å². The molecule has 1 saturated heterocycles. The summed E-state index contributed by atoms with van der Waals surface area (Å²) >= 11 is 0. The number of H-pyrrole nitrogens is 1. The highest BCUT2D eigenvalue weighted by molar-refractivity contribution is 7.89. The summed E-state index contributed by atoms with van der Waals surface area (Å²) in [6, 6.07) is 1.46. The standard InChI is InChI=1S/C11H20N4O2S/c1-2-15-7-4-10(5-8-15)9-13-18(16,17)11-3-6-12-14-11/h3,6,10,13H,2,4-5,7-9H2,1H3,(H,12,14). The van der Waals surface area contributed by atoms with E-state index in [9.17, 15) is 8.42 Å². The first-order valence-corrected chi connectivity index (χ1v) is 7.81. The molecule has 0 aromatic carbocycles. The highest BCUT2D eigenvalue weighted by Crippen LogP contribution is 2.16. The molecule has 1 aliphatic heterocycles. The molecule has 0 aliphatic carbocycles. The molecule has 2 N–H and O–H groups in total. The first-order valence-electron chi connectivity index (χ1n) is 6.33. The van der Waals surface area contributed by atoms with E-state index >= 15 is 0 Å². The molecule has 0 unspecified atom stereocenters. The van der Waals surface area contributed by atoms with Crippen LogP contribution >= 0.6 is 0 Å². The Hall–Kier alpha value is -0.920. The van der Waals surface area contributed by atoms with Crippen molar-refractivity contribution >= 4 is 10.0 Å². The molecule has 1 fully saturated rings. The zero-order valence-electron chi connectivity index (χ0n) is 10.6. The topological polar surface area (TPSA) is 78.1 Å². The lowest BCUT2D eigenvalue weighted by molar-refractivity contribution is 0.193. The molecule has 18 heavy (non-hydrogen) atoms. The number of aromatic nitrogens is 2. The minimum Gasteiger partial charge on any atom is -0.304 e. The first kappa shape index (κ1) is 13.5. The number of hydrogen-bond donors (Lipinski definition) is 2. The van der Waals surface area contributed by atoms with Crippen LogP contribution in [0.2, 0.25) is 0 Å². The largest absolute Gasteiger partial charge is 0.304 e. The van der Waals surface area contributed by atoms with Gasteiger partial charge in [0.05, 0.1) is 6.20 Å². The molecule has 0 saturated carbocycles. The number of hydrogen-bond acceptors (Lipinski definition) is 4. The minimum atomic E-state index is -3.42. The van der Waals surface area contributed by atoms with E-state index in [1.54, 1.807) is 0 Å². The smallest absolute Gasteiger partial charge is 0.257 e. The van der Waals surface area contributed by atoms with Crippen LogP contribution in [0.15, 0.2) is 17.3 Å². The van der Waals surface area contributed by atoms with E-state index in [4.69, 9.17) is 0 Å². The fourth-order valence-corrected chi connectivity index (χ4v) is 3.23. The van der Waals surface area contributed by atoms with Crippen molar-refractivity contribution in [2.24, 2.45) is 5.92 Å². The molecule has 1 aromatic heterocycles. The van der Waals surface area contributed by atoms with Crippen LogP contribution in [-0.4, -0.2) is 49.7 Å². The molecule has 2 rings (SSSR count). The van der Waals surface area contributed by atoms with E-state index in [0.29, 0.717) is 12.5 Å². The zero-order chi connectivity index (χ0) is 13.0. The highest BCUT2D eigenvalue weighted by Gasteiger charge is 2.21. The molecular weight excluding hydrogens is 252 g/mol. The van der Waals surface area contributed by atoms with Crippen LogP contribution in [0.3, 0.4) is 0 Å². The van der Waals surface area contributed by atoms with E-state index in [0.717, 1.165) is 32.5 Å². The summed E-state index contributed by atoms with van der Waals surface area (Å²) in [7, 11) is -3.42. The Morgan fingerprint density at radius 3 is 2.78 bits per heavy atom. The summed E-state index contributed by atoms with van der Waals surface area (Å²) in [4.78, 5) is 2.39. The molecule has 0 amide bonds. The lowest BCUT2D eigenvalue weighted by atomic mass is 9.97. The SMILES string of the molecule is CCN1CCC(CNS(=O)(=O)c2ccn[nH]2)CC1. The van der Waals surface area contributed by atoms with Crippen LogP contribution in [0, 0.1) is 5.92 Å². The summed E-state index contributed by atoms with van der Waals surface area (Å²) in [6.45, 7) is 5.87. The second-order valence-corrected chi connectivity index (χ2v) is 6.39. The number of nitrogens with one attached hydrogen (secondary N) is 2. The molecule has 0 spiro atoms. The Bertz CT molecular complexity index is 449. The highest BCUT2D eigenvalue weighted by atomic mass is 32.2. The monoisotopic (exact) mass is 272 g/mol. The van der Waals surface area contributed by atoms with Gasteiger partial charge in [0.1, 0.15) is 0 Å². The van der Waals surface area contributed by atoms with Gasteiger partial charge < -0.3 is 4.90 Å². The van der Waals surface area contributed by atoms with Gasteiger partial charge in [0, 0.05) is 6.54 Å². The molecule has 1 aromatic rings. The van der Waals surface area contributed by atoms with Crippen LogP contribution in [0.1, 0.15) is 19.8 Å². The lowest BCUT2D eigenvalue weighted by Gasteiger charge is -2.30. The van der Waals surface area contributed by atoms with E-state index < -0.39 is 10.0 Å². The number of rotatable bonds is 5. The third-order valence-corrected chi connectivity index (χ3v) is 4.83. The lowest BCUT2D eigenvalue weighted by Crippen LogP contribution is -2.38. The van der Waals surface area contributed by atoms with Gasteiger partial charge in [0.25, 0.3) is 10.0 Å². The molecule has 6 nitrogen and oxygen atoms in total. The summed E-state index contributed by atoms with van der Waals surface area (Å²) < 4.78 is 26.4. The van der Waals surface area contributed by atoms with Gasteiger partial charge in [-0.25, -0.2) is 13.1 Å². The van der Waals surface area contributed by atoms with Crippen molar-refractivity contribution in [1.29, 1.82) is 0 Å². The van der Waals surface area contributed by atoms with E-state index in [1.165, 1.54) is 12.3 Å². The van der Waals surface area contributed by atoms with Gasteiger partial charge in [-0.3, -0.25) is 5.10 Å². The molecule has 0 atom stereocenters. The van der Waals surface area contributed by atoms with Crippen molar-refractivity contribution in [3.63, 3.8) is 0 Å². The summed E-state index contributed by atoms with van der Waals surface area (Å²) in [5.74, 6) is 0.436. The second kappa shape index (κ2) is 5.81. The number of piperidine rings is 1. The Morgan fingerprint density at radius 2 is 2.22 bits per heavy atom. The predicted molar refractivity (Wildman–Crippen MR) is 68.6 cm³/mol. The van der Waals surface area contributed by atoms with Crippen molar-refractivity contribution in [1.82, 2.24) is 19.8 Å². The average Bonchev–Trinajstić information content (AvgIpc) is 2.92. The van der Waals surface area contributed by atoms with Gasteiger partial charge in [-0.05, 0) is 44.5 Å². The number of sulfonamides is 1. The Morgan fingerprint density at radius 1 is 1.50 bits per heavy atom. The normalized spacial score (nSPS) is 19.2. The van der Waals surface area contributed by atoms with Crippen LogP contribution < -0.4 is 4.72 Å². The van der Waals surface area contributed by atoms with Crippen LogP contribution in [0.25, 0.3) is 0 Å². The maximum absolute atomic E-state index is 11.9. The fourth-order valence-electron chi connectivity index (χ4n) is 2.20. The van der Waals surface area contributed by atoms with Crippen molar-refractivity contribution in [2.75, 3.05) is 26.2 Å². The van der Waals surface area contributed by atoms with Crippen molar-refractivity contribution in [2.45, 2.75) is 24.8 Å². The first-order chi connectivity index (χ1) is 8.62. The zero-order valence-corrected chi connectivity index (χ0v) is 11.4. The third-order valence-electron chi connectivity index (χ3n) is 3.48.